The number of carbonyl (C=O) groups excluding carboxylic acids is 1. The van der Waals surface area contributed by atoms with Crippen molar-refractivity contribution in [2.24, 2.45) is 0 Å². The van der Waals surface area contributed by atoms with Crippen molar-refractivity contribution in [3.8, 4) is 6.07 Å². The number of pyridine rings is 1. The first-order chi connectivity index (χ1) is 6.69. The van der Waals surface area contributed by atoms with Crippen LogP contribution in [-0.2, 0) is 0 Å². The smallest absolute Gasteiger partial charge is 0.295 e. The van der Waals surface area contributed by atoms with Crippen molar-refractivity contribution in [2.45, 2.75) is 6.92 Å². The van der Waals surface area contributed by atoms with E-state index in [1.54, 1.807) is 24.5 Å². The predicted molar refractivity (Wildman–Crippen MR) is 49.7 cm³/mol. The molecule has 0 saturated heterocycles. The van der Waals surface area contributed by atoms with Gasteiger partial charge in [-0.15, -0.1) is 4.57 Å². The summed E-state index contributed by atoms with van der Waals surface area (Å²) in [4.78, 5) is 10.9. The van der Waals surface area contributed by atoms with E-state index in [-0.39, 0.29) is 11.5 Å². The fourth-order valence-electron chi connectivity index (χ4n) is 0.960. The van der Waals surface area contributed by atoms with Crippen LogP contribution in [0.5, 0.6) is 0 Å². The van der Waals surface area contributed by atoms with Gasteiger partial charge >= 0.3 is 5.70 Å². The van der Waals surface area contributed by atoms with Gasteiger partial charge in [-0.1, -0.05) is 0 Å². The third-order valence-electron chi connectivity index (χ3n) is 1.72. The lowest BCUT2D eigenvalue weighted by atomic mass is 10.2. The van der Waals surface area contributed by atoms with E-state index in [9.17, 15) is 4.79 Å². The van der Waals surface area contributed by atoms with Crippen LogP contribution < -0.4 is 4.57 Å². The third kappa shape index (κ3) is 1.92. The molecule has 0 unspecified atom stereocenters. The molecule has 4 nitrogen and oxygen atoms in total. The van der Waals surface area contributed by atoms with Crippen molar-refractivity contribution < 1.29 is 9.36 Å². The summed E-state index contributed by atoms with van der Waals surface area (Å²) in [5, 5.41) is 15.4. The molecule has 1 N–H and O–H groups in total. The molecule has 0 radical (unpaired) electrons. The van der Waals surface area contributed by atoms with Crippen LogP contribution in [0.15, 0.2) is 24.5 Å². The Bertz CT molecular complexity index is 447. The van der Waals surface area contributed by atoms with Gasteiger partial charge in [-0.25, -0.2) is 0 Å². The van der Waals surface area contributed by atoms with Crippen molar-refractivity contribution in [1.29, 1.82) is 10.7 Å². The van der Waals surface area contributed by atoms with Gasteiger partial charge in [0, 0.05) is 17.7 Å². The highest BCUT2D eigenvalue weighted by molar-refractivity contribution is 5.93. The van der Waals surface area contributed by atoms with Crippen molar-refractivity contribution in [3.05, 3.63) is 30.1 Å². The minimum absolute atomic E-state index is 0.0329. The fourth-order valence-corrected chi connectivity index (χ4v) is 0.960. The van der Waals surface area contributed by atoms with Crippen LogP contribution in [0.2, 0.25) is 0 Å². The number of hydrogen-bond donors (Lipinski definition) is 1. The Morgan fingerprint density at radius 1 is 1.50 bits per heavy atom. The van der Waals surface area contributed by atoms with E-state index in [1.165, 1.54) is 11.5 Å². The molecule has 0 bridgehead atoms. The molecule has 0 aliphatic heterocycles. The SMILES string of the molecule is CC(=O)c1cc[n+](C(=C=N)C#N)cc1. The molecule has 4 heteroatoms. The summed E-state index contributed by atoms with van der Waals surface area (Å²) < 4.78 is 1.43. The normalized spacial score (nSPS) is 8.57. The number of nitrogens with zero attached hydrogens (tertiary/aromatic N) is 2. The van der Waals surface area contributed by atoms with Crippen LogP contribution >= 0.6 is 0 Å². The molecule has 0 amide bonds. The highest BCUT2D eigenvalue weighted by Crippen LogP contribution is 1.96. The average Bonchev–Trinajstić information content (AvgIpc) is 2.20. The van der Waals surface area contributed by atoms with E-state index in [0.717, 1.165) is 0 Å². The van der Waals surface area contributed by atoms with Crippen LogP contribution in [0.4, 0.5) is 0 Å². The highest BCUT2D eigenvalue weighted by Gasteiger charge is 2.09. The van der Waals surface area contributed by atoms with Gasteiger partial charge in [0.25, 0.3) is 0 Å². The van der Waals surface area contributed by atoms with Gasteiger partial charge in [-0.05, 0) is 6.92 Å². The molecule has 14 heavy (non-hydrogen) atoms. The summed E-state index contributed by atoms with van der Waals surface area (Å²) in [5.74, 6) is 1.97. The number of ketones is 1. The number of aromatic nitrogens is 1. The molecule has 0 atom stereocenters. The Balaban J connectivity index is 3.13. The maximum Gasteiger partial charge on any atom is 0.351 e. The van der Waals surface area contributed by atoms with Gasteiger partial charge < -0.3 is 0 Å². The minimum atomic E-state index is -0.0329. The summed E-state index contributed by atoms with van der Waals surface area (Å²) in [6.45, 7) is 1.47. The average molecular weight is 186 g/mol. The van der Waals surface area contributed by atoms with E-state index in [2.05, 4.69) is 0 Å². The Kier molecular flexibility index (Phi) is 2.90. The second-order valence-electron chi connectivity index (χ2n) is 2.64. The minimum Gasteiger partial charge on any atom is -0.295 e. The highest BCUT2D eigenvalue weighted by atomic mass is 16.1. The maximum absolute atomic E-state index is 10.9. The monoisotopic (exact) mass is 186 g/mol. The molecule has 1 rings (SSSR count). The summed E-state index contributed by atoms with van der Waals surface area (Å²) in [6, 6.07) is 5.00. The van der Waals surface area contributed by atoms with Crippen LogP contribution in [-0.4, -0.2) is 11.7 Å². The van der Waals surface area contributed by atoms with Crippen LogP contribution in [0.3, 0.4) is 0 Å². The first-order valence-corrected chi connectivity index (χ1v) is 3.91. The van der Waals surface area contributed by atoms with Gasteiger partial charge in [-0.3, -0.25) is 10.2 Å². The standard InChI is InChI=1S/C10H8N3O/c1-8(14)9-2-4-13(5-3-9)10(6-11)7-12/h2-5,11H,1H3/q+1. The zero-order valence-electron chi connectivity index (χ0n) is 7.61. The van der Waals surface area contributed by atoms with Crippen molar-refractivity contribution in [1.82, 2.24) is 0 Å². The molecule has 68 valence electrons. The third-order valence-corrected chi connectivity index (χ3v) is 1.72. The molecule has 0 spiro atoms. The van der Waals surface area contributed by atoms with Gasteiger partial charge in [-0.2, -0.15) is 5.26 Å². The first kappa shape index (κ1) is 9.85. The molecule has 1 heterocycles. The van der Waals surface area contributed by atoms with Crippen LogP contribution in [0.1, 0.15) is 17.3 Å². The molecule has 0 aliphatic rings. The fraction of sp³-hybridized carbons (Fsp3) is 0.100. The lowest BCUT2D eigenvalue weighted by Crippen LogP contribution is -2.31. The van der Waals surface area contributed by atoms with Crippen LogP contribution in [0, 0.1) is 16.7 Å². The molecule has 0 fully saturated rings. The molecular weight excluding hydrogens is 178 g/mol. The van der Waals surface area contributed by atoms with Gasteiger partial charge in [0.1, 0.15) is 0 Å². The van der Waals surface area contributed by atoms with E-state index in [0.29, 0.717) is 5.56 Å². The summed E-state index contributed by atoms with van der Waals surface area (Å²) in [7, 11) is 0. The number of nitriles is 1. The number of nitrogens with one attached hydrogen (secondary N) is 1. The van der Waals surface area contributed by atoms with Crippen molar-refractivity contribution in [3.63, 3.8) is 0 Å². The molecule has 1 aromatic rings. The largest absolute Gasteiger partial charge is 0.351 e. The van der Waals surface area contributed by atoms with Gasteiger partial charge in [0.15, 0.2) is 24.2 Å². The lowest BCUT2D eigenvalue weighted by Gasteiger charge is -1.92. The summed E-state index contributed by atoms with van der Waals surface area (Å²) in [6.07, 6.45) is 3.10. The molecule has 0 aliphatic carbocycles. The quantitative estimate of drug-likeness (QED) is 0.321. The molecule has 1 aromatic heterocycles. The maximum atomic E-state index is 10.9. The van der Waals surface area contributed by atoms with Crippen molar-refractivity contribution in [2.75, 3.05) is 0 Å². The summed E-state index contributed by atoms with van der Waals surface area (Å²) in [5.41, 5.74) is 0.656. The predicted octanol–water partition coefficient (Wildman–Crippen LogP) is 0.790. The number of rotatable bonds is 2. The Morgan fingerprint density at radius 3 is 2.43 bits per heavy atom. The topological polar surface area (TPSA) is 68.6 Å². The molecule has 0 saturated carbocycles. The Hall–Kier alpha value is -2.24. The first-order valence-electron chi connectivity index (χ1n) is 3.91. The zero-order chi connectivity index (χ0) is 10.6. The summed E-state index contributed by atoms with van der Waals surface area (Å²) >= 11 is 0. The molecule has 0 aromatic carbocycles. The zero-order valence-corrected chi connectivity index (χ0v) is 7.61. The number of hydrogen-bond acceptors (Lipinski definition) is 3. The van der Waals surface area contributed by atoms with E-state index >= 15 is 0 Å². The van der Waals surface area contributed by atoms with E-state index in [4.69, 9.17) is 10.7 Å². The van der Waals surface area contributed by atoms with E-state index < -0.39 is 0 Å². The Morgan fingerprint density at radius 2 is 2.07 bits per heavy atom. The number of allylic oxidation sites excluding steroid dienone is 1. The molecular formula is C10H8N3O+. The van der Waals surface area contributed by atoms with E-state index in [1.807, 2.05) is 11.9 Å². The van der Waals surface area contributed by atoms with Crippen LogP contribution in [0.25, 0.3) is 5.70 Å². The Labute approximate surface area is 81.2 Å². The number of Topliss-reactive ketones (excluding diaryl/α,β-unsaturated/α-hetero) is 1. The lowest BCUT2D eigenvalue weighted by molar-refractivity contribution is -0.576. The second-order valence-corrected chi connectivity index (χ2v) is 2.64. The van der Waals surface area contributed by atoms with Gasteiger partial charge in [0.2, 0.25) is 0 Å². The van der Waals surface area contributed by atoms with Crippen molar-refractivity contribution >= 4 is 17.4 Å². The number of carbonyl (C=O) groups is 1. The second kappa shape index (κ2) is 4.13. The van der Waals surface area contributed by atoms with Gasteiger partial charge in [0.05, 0.1) is 5.87 Å².